The van der Waals surface area contributed by atoms with Gasteiger partial charge in [-0.2, -0.15) is 5.26 Å². The van der Waals surface area contributed by atoms with Gasteiger partial charge >= 0.3 is 5.97 Å². The summed E-state index contributed by atoms with van der Waals surface area (Å²) in [6, 6.07) is 5.70. The number of anilines is 1. The quantitative estimate of drug-likeness (QED) is 0.771. The van der Waals surface area contributed by atoms with Crippen LogP contribution in [0.15, 0.2) is 18.3 Å². The molecule has 1 aliphatic heterocycles. The SMILES string of the molecule is CC(C)OC(=O)CN1CCN(c2ncccc2C#N)CC1. The molecule has 1 fully saturated rings. The summed E-state index contributed by atoms with van der Waals surface area (Å²) in [7, 11) is 0. The van der Waals surface area contributed by atoms with Crippen molar-refractivity contribution in [1.29, 1.82) is 5.26 Å². The summed E-state index contributed by atoms with van der Waals surface area (Å²) >= 11 is 0. The summed E-state index contributed by atoms with van der Waals surface area (Å²) in [5.41, 5.74) is 0.588. The van der Waals surface area contributed by atoms with Crippen LogP contribution in [0.4, 0.5) is 5.82 Å². The van der Waals surface area contributed by atoms with Gasteiger partial charge in [0.05, 0.1) is 18.2 Å². The summed E-state index contributed by atoms with van der Waals surface area (Å²) in [5.74, 6) is 0.540. The third-order valence-corrected chi connectivity index (χ3v) is 3.30. The van der Waals surface area contributed by atoms with E-state index in [1.54, 1.807) is 18.3 Å². The van der Waals surface area contributed by atoms with Crippen LogP contribution < -0.4 is 4.90 Å². The van der Waals surface area contributed by atoms with Crippen LogP contribution in [-0.2, 0) is 9.53 Å². The molecule has 1 aromatic heterocycles. The predicted molar refractivity (Wildman–Crippen MR) is 78.8 cm³/mol. The Hall–Kier alpha value is -2.13. The van der Waals surface area contributed by atoms with Crippen LogP contribution in [0.5, 0.6) is 0 Å². The molecule has 2 rings (SSSR count). The topological polar surface area (TPSA) is 69.5 Å². The van der Waals surface area contributed by atoms with Crippen molar-refractivity contribution < 1.29 is 9.53 Å². The van der Waals surface area contributed by atoms with E-state index in [0.717, 1.165) is 32.0 Å². The number of rotatable bonds is 4. The molecule has 0 unspecified atom stereocenters. The fourth-order valence-electron chi connectivity index (χ4n) is 2.34. The van der Waals surface area contributed by atoms with Crippen LogP contribution in [0.2, 0.25) is 0 Å². The highest BCUT2D eigenvalue weighted by Crippen LogP contribution is 2.17. The summed E-state index contributed by atoms with van der Waals surface area (Å²) in [6.45, 7) is 7.03. The number of pyridine rings is 1. The molecule has 0 spiro atoms. The number of hydrogen-bond donors (Lipinski definition) is 0. The van der Waals surface area contributed by atoms with Gasteiger partial charge in [-0.25, -0.2) is 4.98 Å². The Labute approximate surface area is 124 Å². The van der Waals surface area contributed by atoms with E-state index < -0.39 is 0 Å². The monoisotopic (exact) mass is 288 g/mol. The Morgan fingerprint density at radius 3 is 2.76 bits per heavy atom. The first-order chi connectivity index (χ1) is 10.1. The maximum absolute atomic E-state index is 11.6. The molecular formula is C15H20N4O2. The Balaban J connectivity index is 1.89. The largest absolute Gasteiger partial charge is 0.462 e. The van der Waals surface area contributed by atoms with Crippen molar-refractivity contribution >= 4 is 11.8 Å². The molecule has 0 radical (unpaired) electrons. The van der Waals surface area contributed by atoms with Crippen LogP contribution in [0.3, 0.4) is 0 Å². The number of esters is 1. The first-order valence-electron chi connectivity index (χ1n) is 7.12. The molecule has 0 aliphatic carbocycles. The van der Waals surface area contributed by atoms with Gasteiger partial charge in [0.1, 0.15) is 11.9 Å². The molecule has 0 amide bonds. The number of nitriles is 1. The first kappa shape index (κ1) is 15.3. The number of carbonyl (C=O) groups is 1. The third-order valence-electron chi connectivity index (χ3n) is 3.30. The first-order valence-corrected chi connectivity index (χ1v) is 7.12. The van der Waals surface area contributed by atoms with Crippen LogP contribution in [0.25, 0.3) is 0 Å². The lowest BCUT2D eigenvalue weighted by molar-refractivity contribution is -0.148. The standard InChI is InChI=1S/C15H20N4O2/c1-12(2)21-14(20)11-18-6-8-19(9-7-18)15-13(10-16)4-3-5-17-15/h3-5,12H,6-9,11H2,1-2H3. The van der Waals surface area contributed by atoms with Crippen LogP contribution in [0.1, 0.15) is 19.4 Å². The van der Waals surface area contributed by atoms with Crippen LogP contribution in [-0.4, -0.2) is 54.7 Å². The Kier molecular flexibility index (Phi) is 5.12. The van der Waals surface area contributed by atoms with Gasteiger partial charge in [0.25, 0.3) is 0 Å². The van der Waals surface area contributed by atoms with Crippen molar-refractivity contribution in [3.8, 4) is 6.07 Å². The van der Waals surface area contributed by atoms with Gasteiger partial charge in [0.15, 0.2) is 0 Å². The average molecular weight is 288 g/mol. The molecule has 6 heteroatoms. The average Bonchev–Trinajstić information content (AvgIpc) is 2.47. The highest BCUT2D eigenvalue weighted by Gasteiger charge is 2.22. The lowest BCUT2D eigenvalue weighted by atomic mass is 10.2. The van der Waals surface area contributed by atoms with Gasteiger partial charge in [-0.05, 0) is 26.0 Å². The minimum Gasteiger partial charge on any atom is -0.462 e. The van der Waals surface area contributed by atoms with E-state index in [4.69, 9.17) is 10.00 Å². The fraction of sp³-hybridized carbons (Fsp3) is 0.533. The van der Waals surface area contributed by atoms with E-state index in [1.165, 1.54) is 0 Å². The highest BCUT2D eigenvalue weighted by atomic mass is 16.5. The second-order valence-electron chi connectivity index (χ2n) is 5.29. The molecule has 112 valence electrons. The van der Waals surface area contributed by atoms with Crippen LogP contribution >= 0.6 is 0 Å². The summed E-state index contributed by atoms with van der Waals surface area (Å²) in [5, 5.41) is 9.12. The number of piperazine rings is 1. The van der Waals surface area contributed by atoms with Gasteiger partial charge in [0, 0.05) is 32.4 Å². The molecule has 1 saturated heterocycles. The van der Waals surface area contributed by atoms with Crippen molar-refractivity contribution in [3.05, 3.63) is 23.9 Å². The molecule has 0 N–H and O–H groups in total. The zero-order chi connectivity index (χ0) is 15.2. The Bertz CT molecular complexity index is 531. The molecule has 0 bridgehead atoms. The van der Waals surface area contributed by atoms with Crippen molar-refractivity contribution in [2.45, 2.75) is 20.0 Å². The second kappa shape index (κ2) is 7.04. The Morgan fingerprint density at radius 1 is 1.43 bits per heavy atom. The van der Waals surface area contributed by atoms with Crippen LogP contribution in [0, 0.1) is 11.3 Å². The number of aromatic nitrogens is 1. The van der Waals surface area contributed by atoms with Crippen molar-refractivity contribution in [2.24, 2.45) is 0 Å². The zero-order valence-electron chi connectivity index (χ0n) is 12.5. The number of nitrogens with zero attached hydrogens (tertiary/aromatic N) is 4. The van der Waals surface area contributed by atoms with Crippen molar-refractivity contribution in [3.63, 3.8) is 0 Å². The van der Waals surface area contributed by atoms with E-state index in [1.807, 2.05) is 13.8 Å². The predicted octanol–water partition coefficient (Wildman–Crippen LogP) is 1.03. The zero-order valence-corrected chi connectivity index (χ0v) is 12.5. The lowest BCUT2D eigenvalue weighted by Gasteiger charge is -2.35. The van der Waals surface area contributed by atoms with Gasteiger partial charge in [-0.1, -0.05) is 0 Å². The minimum atomic E-state index is -0.186. The fourth-order valence-corrected chi connectivity index (χ4v) is 2.34. The molecule has 0 aromatic carbocycles. The molecule has 0 atom stereocenters. The van der Waals surface area contributed by atoms with Crippen molar-refractivity contribution in [1.82, 2.24) is 9.88 Å². The maximum Gasteiger partial charge on any atom is 0.320 e. The summed E-state index contributed by atoms with van der Waals surface area (Å²) in [4.78, 5) is 20.1. The van der Waals surface area contributed by atoms with E-state index >= 15 is 0 Å². The van der Waals surface area contributed by atoms with Gasteiger partial charge in [0.2, 0.25) is 0 Å². The Morgan fingerprint density at radius 2 is 2.14 bits per heavy atom. The molecule has 1 aromatic rings. The smallest absolute Gasteiger partial charge is 0.320 e. The maximum atomic E-state index is 11.6. The van der Waals surface area contributed by atoms with E-state index in [0.29, 0.717) is 12.1 Å². The normalized spacial score (nSPS) is 15.8. The van der Waals surface area contributed by atoms with E-state index in [-0.39, 0.29) is 12.1 Å². The molecular weight excluding hydrogens is 268 g/mol. The molecule has 1 aliphatic rings. The highest BCUT2D eigenvalue weighted by molar-refractivity contribution is 5.71. The minimum absolute atomic E-state index is 0.0782. The molecule has 6 nitrogen and oxygen atoms in total. The van der Waals surface area contributed by atoms with Gasteiger partial charge in [-0.15, -0.1) is 0 Å². The van der Waals surface area contributed by atoms with E-state index in [9.17, 15) is 4.79 Å². The number of ether oxygens (including phenoxy) is 1. The molecule has 2 heterocycles. The second-order valence-corrected chi connectivity index (χ2v) is 5.29. The number of carbonyl (C=O) groups excluding carboxylic acids is 1. The van der Waals surface area contributed by atoms with E-state index in [2.05, 4.69) is 20.9 Å². The molecule has 0 saturated carbocycles. The molecule has 21 heavy (non-hydrogen) atoms. The summed E-state index contributed by atoms with van der Waals surface area (Å²) in [6.07, 6.45) is 1.62. The van der Waals surface area contributed by atoms with Crippen molar-refractivity contribution in [2.75, 3.05) is 37.6 Å². The lowest BCUT2D eigenvalue weighted by Crippen LogP contribution is -2.48. The van der Waals surface area contributed by atoms with Gasteiger partial charge < -0.3 is 9.64 Å². The third kappa shape index (κ3) is 4.17. The van der Waals surface area contributed by atoms with Gasteiger partial charge in [-0.3, -0.25) is 9.69 Å². The number of hydrogen-bond acceptors (Lipinski definition) is 6. The summed E-state index contributed by atoms with van der Waals surface area (Å²) < 4.78 is 5.15.